The van der Waals surface area contributed by atoms with Crippen LogP contribution in [-0.4, -0.2) is 23.0 Å². The summed E-state index contributed by atoms with van der Waals surface area (Å²) in [5, 5.41) is 12.1. The van der Waals surface area contributed by atoms with Crippen molar-refractivity contribution in [3.63, 3.8) is 0 Å². The number of hydrogen-bond acceptors (Lipinski definition) is 3. The first-order valence-electron chi connectivity index (χ1n) is 8.54. The van der Waals surface area contributed by atoms with E-state index in [9.17, 15) is 14.7 Å². The van der Waals surface area contributed by atoms with Crippen molar-refractivity contribution in [2.75, 3.05) is 0 Å². The Morgan fingerprint density at radius 3 is 2.21 bits per heavy atom. The van der Waals surface area contributed by atoms with Gasteiger partial charge in [-0.05, 0) is 43.1 Å². The molecule has 1 aromatic carbocycles. The van der Waals surface area contributed by atoms with E-state index in [1.807, 2.05) is 30.3 Å². The molecule has 5 nitrogen and oxygen atoms in total. The number of carboxylic acids is 1. The Labute approximate surface area is 144 Å². The van der Waals surface area contributed by atoms with Crippen LogP contribution in [0.4, 0.5) is 0 Å². The van der Waals surface area contributed by atoms with Crippen molar-refractivity contribution in [2.45, 2.75) is 52.0 Å². The third kappa shape index (κ3) is 5.64. The molecule has 1 amide bonds. The average molecular weight is 334 g/mol. The van der Waals surface area contributed by atoms with Crippen molar-refractivity contribution in [1.82, 2.24) is 11.5 Å². The van der Waals surface area contributed by atoms with Crippen LogP contribution in [0.15, 0.2) is 30.3 Å². The number of rotatable bonds is 6. The first kappa shape index (κ1) is 20.2. The summed E-state index contributed by atoms with van der Waals surface area (Å²) < 4.78 is 0. The molecule has 1 aliphatic carbocycles. The van der Waals surface area contributed by atoms with E-state index >= 15 is 0 Å². The van der Waals surface area contributed by atoms with Crippen LogP contribution in [0.5, 0.6) is 0 Å². The van der Waals surface area contributed by atoms with E-state index in [1.54, 1.807) is 0 Å². The van der Waals surface area contributed by atoms with Crippen molar-refractivity contribution in [2.24, 2.45) is 17.8 Å². The van der Waals surface area contributed by atoms with Gasteiger partial charge in [0, 0.05) is 12.3 Å². The van der Waals surface area contributed by atoms with Gasteiger partial charge < -0.3 is 16.6 Å². The van der Waals surface area contributed by atoms with Gasteiger partial charge in [-0.15, -0.1) is 0 Å². The molecular weight excluding hydrogens is 304 g/mol. The number of aliphatic carboxylic acids is 1. The predicted molar refractivity (Wildman–Crippen MR) is 95.0 cm³/mol. The number of carboxylic acid groups (broad SMARTS) is 1. The highest BCUT2D eigenvalue weighted by molar-refractivity contribution is 5.85. The van der Waals surface area contributed by atoms with E-state index in [4.69, 9.17) is 0 Å². The molecule has 134 valence electrons. The van der Waals surface area contributed by atoms with Crippen molar-refractivity contribution in [1.29, 1.82) is 0 Å². The highest BCUT2D eigenvalue weighted by Gasteiger charge is 2.30. The fraction of sp³-hybridized carbons (Fsp3) is 0.579. The zero-order chi connectivity index (χ0) is 16.8. The number of amides is 1. The van der Waals surface area contributed by atoms with Crippen LogP contribution >= 0.6 is 0 Å². The standard InChI is InChI=1S/C19H27NO3.H3N/c1-13(2)15-8-10-16(11-9-15)18(21)20-17(19(22)23)12-14-6-4-3-5-7-14;/h3-7,13,15-17H,8-12H2,1-2H3,(H,20,21)(H,22,23);1H3/t15?,16?,17-;/m1./s1. The van der Waals surface area contributed by atoms with Gasteiger partial charge in [0.15, 0.2) is 0 Å². The predicted octanol–water partition coefficient (Wildman–Crippen LogP) is 3.42. The topological polar surface area (TPSA) is 101 Å². The molecule has 5 N–H and O–H groups in total. The van der Waals surface area contributed by atoms with Gasteiger partial charge in [0.05, 0.1) is 0 Å². The SMILES string of the molecule is CC(C)C1CCC(C(=O)N[C@H](Cc2ccccc2)C(=O)O)CC1.N. The lowest BCUT2D eigenvalue weighted by molar-refractivity contribution is -0.142. The summed E-state index contributed by atoms with van der Waals surface area (Å²) in [5.41, 5.74) is 0.920. The van der Waals surface area contributed by atoms with Gasteiger partial charge in [0.2, 0.25) is 5.91 Å². The molecular formula is C19H30N2O3. The third-order valence-corrected chi connectivity index (χ3v) is 4.98. The van der Waals surface area contributed by atoms with E-state index in [1.165, 1.54) is 0 Å². The van der Waals surface area contributed by atoms with Crippen molar-refractivity contribution < 1.29 is 14.7 Å². The number of nitrogens with one attached hydrogen (secondary N) is 1. The number of hydrogen-bond donors (Lipinski definition) is 3. The summed E-state index contributed by atoms with van der Waals surface area (Å²) in [6.45, 7) is 4.46. The number of benzene rings is 1. The molecule has 5 heteroatoms. The monoisotopic (exact) mass is 334 g/mol. The molecule has 0 heterocycles. The molecule has 1 fully saturated rings. The minimum absolute atomic E-state index is 0. The maximum Gasteiger partial charge on any atom is 0.326 e. The van der Waals surface area contributed by atoms with Gasteiger partial charge in [0.1, 0.15) is 6.04 Å². The largest absolute Gasteiger partial charge is 0.480 e. The maximum atomic E-state index is 12.4. The van der Waals surface area contributed by atoms with Gasteiger partial charge in [-0.25, -0.2) is 4.79 Å². The van der Waals surface area contributed by atoms with E-state index < -0.39 is 12.0 Å². The fourth-order valence-electron chi connectivity index (χ4n) is 3.39. The second kappa shape index (κ2) is 9.42. The summed E-state index contributed by atoms with van der Waals surface area (Å²) in [6.07, 6.45) is 4.18. The Balaban J connectivity index is 0.00000288. The van der Waals surface area contributed by atoms with Gasteiger partial charge in [-0.1, -0.05) is 44.2 Å². The molecule has 1 atom stereocenters. The lowest BCUT2D eigenvalue weighted by Gasteiger charge is -2.30. The molecule has 1 aromatic rings. The van der Waals surface area contributed by atoms with Crippen LogP contribution in [0.3, 0.4) is 0 Å². The summed E-state index contributed by atoms with van der Waals surface area (Å²) in [4.78, 5) is 23.9. The zero-order valence-corrected chi connectivity index (χ0v) is 14.7. The lowest BCUT2D eigenvalue weighted by atomic mass is 9.76. The Morgan fingerprint density at radius 2 is 1.71 bits per heavy atom. The quantitative estimate of drug-likeness (QED) is 0.742. The smallest absolute Gasteiger partial charge is 0.326 e. The minimum atomic E-state index is -0.974. The van der Waals surface area contributed by atoms with Crippen LogP contribution in [-0.2, 0) is 16.0 Å². The van der Waals surface area contributed by atoms with Crippen LogP contribution in [0.2, 0.25) is 0 Å². The first-order chi connectivity index (χ1) is 11.0. The van der Waals surface area contributed by atoms with Crippen molar-refractivity contribution in [3.05, 3.63) is 35.9 Å². The van der Waals surface area contributed by atoms with Crippen LogP contribution in [0.25, 0.3) is 0 Å². The third-order valence-electron chi connectivity index (χ3n) is 4.98. The first-order valence-corrected chi connectivity index (χ1v) is 8.54. The summed E-state index contributed by atoms with van der Waals surface area (Å²) >= 11 is 0. The maximum absolute atomic E-state index is 12.4. The Morgan fingerprint density at radius 1 is 1.12 bits per heavy atom. The van der Waals surface area contributed by atoms with E-state index in [0.29, 0.717) is 18.3 Å². The molecule has 0 radical (unpaired) electrons. The molecule has 0 spiro atoms. The van der Waals surface area contributed by atoms with Gasteiger partial charge in [-0.2, -0.15) is 0 Å². The zero-order valence-electron chi connectivity index (χ0n) is 14.7. The molecule has 2 rings (SSSR count). The normalized spacial score (nSPS) is 21.6. The lowest BCUT2D eigenvalue weighted by Crippen LogP contribution is -2.45. The van der Waals surface area contributed by atoms with E-state index in [0.717, 1.165) is 31.2 Å². The highest BCUT2D eigenvalue weighted by Crippen LogP contribution is 2.33. The van der Waals surface area contributed by atoms with Gasteiger partial charge >= 0.3 is 5.97 Å². The number of carbonyl (C=O) groups excluding carboxylic acids is 1. The molecule has 0 unspecified atom stereocenters. The average Bonchev–Trinajstić information content (AvgIpc) is 2.55. The molecule has 24 heavy (non-hydrogen) atoms. The van der Waals surface area contributed by atoms with E-state index in [-0.39, 0.29) is 18.0 Å². The Hall–Kier alpha value is -1.88. The van der Waals surface area contributed by atoms with Crippen molar-refractivity contribution in [3.8, 4) is 0 Å². The highest BCUT2D eigenvalue weighted by atomic mass is 16.4. The molecule has 0 aliphatic heterocycles. The van der Waals surface area contributed by atoms with Crippen molar-refractivity contribution >= 4 is 11.9 Å². The molecule has 1 saturated carbocycles. The molecule has 0 bridgehead atoms. The second-order valence-corrected chi connectivity index (χ2v) is 6.94. The summed E-state index contributed by atoms with van der Waals surface area (Å²) in [7, 11) is 0. The summed E-state index contributed by atoms with van der Waals surface area (Å²) in [6, 6.07) is 8.57. The summed E-state index contributed by atoms with van der Waals surface area (Å²) in [5.74, 6) is 0.235. The molecule has 1 aliphatic rings. The molecule has 0 saturated heterocycles. The van der Waals surface area contributed by atoms with E-state index in [2.05, 4.69) is 19.2 Å². The van der Waals surface area contributed by atoms with Crippen LogP contribution < -0.4 is 11.5 Å². The Kier molecular flexibility index (Phi) is 7.92. The van der Waals surface area contributed by atoms with Crippen LogP contribution in [0.1, 0.15) is 45.1 Å². The number of carbonyl (C=O) groups is 2. The Bertz CT molecular complexity index is 523. The van der Waals surface area contributed by atoms with Gasteiger partial charge in [0.25, 0.3) is 0 Å². The van der Waals surface area contributed by atoms with Crippen LogP contribution in [0, 0.1) is 17.8 Å². The van der Waals surface area contributed by atoms with Gasteiger partial charge in [-0.3, -0.25) is 4.79 Å². The minimum Gasteiger partial charge on any atom is -0.480 e. The molecule has 0 aromatic heterocycles. The fourth-order valence-corrected chi connectivity index (χ4v) is 3.39. The second-order valence-electron chi connectivity index (χ2n) is 6.94.